The summed E-state index contributed by atoms with van der Waals surface area (Å²) >= 11 is 0. The first-order valence-corrected chi connectivity index (χ1v) is 6.70. The average molecular weight is 252 g/mol. The molecular weight excluding hydrogens is 232 g/mol. The van der Waals surface area contributed by atoms with Gasteiger partial charge in [0.15, 0.2) is 0 Å². The van der Waals surface area contributed by atoms with E-state index in [2.05, 4.69) is 55.5 Å². The van der Waals surface area contributed by atoms with Gasteiger partial charge in [-0.15, -0.1) is 0 Å². The highest BCUT2D eigenvalue weighted by Gasteiger charge is 1.96. The summed E-state index contributed by atoms with van der Waals surface area (Å²) in [5.41, 5.74) is 5.17. The van der Waals surface area contributed by atoms with Crippen LogP contribution in [-0.2, 0) is 12.8 Å². The summed E-state index contributed by atoms with van der Waals surface area (Å²) in [7, 11) is 0. The third kappa shape index (κ3) is 4.38. The molecule has 1 heteroatoms. The van der Waals surface area contributed by atoms with Crippen molar-refractivity contribution in [1.29, 1.82) is 0 Å². The van der Waals surface area contributed by atoms with Gasteiger partial charge in [0.25, 0.3) is 0 Å². The molecule has 2 aromatic carbocycles. The van der Waals surface area contributed by atoms with E-state index in [1.807, 2.05) is 6.08 Å². The largest absolute Gasteiger partial charge is 0.392 e. The first-order valence-electron chi connectivity index (χ1n) is 6.70. The van der Waals surface area contributed by atoms with Crippen LogP contribution in [0.2, 0.25) is 0 Å². The van der Waals surface area contributed by atoms with E-state index in [0.29, 0.717) is 0 Å². The predicted molar refractivity (Wildman–Crippen MR) is 81.1 cm³/mol. The minimum Gasteiger partial charge on any atom is -0.392 e. The van der Waals surface area contributed by atoms with Gasteiger partial charge < -0.3 is 5.11 Å². The fraction of sp³-hybridized carbons (Fsp3) is 0.222. The maximum atomic E-state index is 8.73. The van der Waals surface area contributed by atoms with Crippen molar-refractivity contribution in [2.75, 3.05) is 6.61 Å². The fourth-order valence-corrected chi connectivity index (χ4v) is 2.03. The third-order valence-corrected chi connectivity index (χ3v) is 3.22. The maximum Gasteiger partial charge on any atom is 0.0615 e. The molecule has 98 valence electrons. The van der Waals surface area contributed by atoms with Crippen molar-refractivity contribution in [1.82, 2.24) is 0 Å². The molecule has 0 bridgehead atoms. The van der Waals surface area contributed by atoms with Crippen molar-refractivity contribution in [3.8, 4) is 0 Å². The van der Waals surface area contributed by atoms with Gasteiger partial charge in [0.05, 0.1) is 6.61 Å². The van der Waals surface area contributed by atoms with Crippen LogP contribution in [-0.4, -0.2) is 11.7 Å². The molecule has 0 aromatic heterocycles. The lowest BCUT2D eigenvalue weighted by molar-refractivity contribution is 0.343. The van der Waals surface area contributed by atoms with E-state index < -0.39 is 0 Å². The molecule has 2 rings (SSSR count). The molecule has 0 aliphatic rings. The van der Waals surface area contributed by atoms with Gasteiger partial charge in [0.2, 0.25) is 0 Å². The van der Waals surface area contributed by atoms with Crippen LogP contribution in [0.15, 0.2) is 54.6 Å². The maximum absolute atomic E-state index is 8.73. The molecule has 0 unspecified atom stereocenters. The molecule has 2 aromatic rings. The first kappa shape index (κ1) is 13.6. The molecule has 1 N–H and O–H groups in total. The van der Waals surface area contributed by atoms with Gasteiger partial charge in [-0.25, -0.2) is 0 Å². The topological polar surface area (TPSA) is 20.2 Å². The van der Waals surface area contributed by atoms with Crippen molar-refractivity contribution in [2.24, 2.45) is 0 Å². The minimum absolute atomic E-state index is 0.0924. The molecule has 0 spiro atoms. The van der Waals surface area contributed by atoms with Crippen LogP contribution in [0.1, 0.15) is 22.3 Å². The second-order valence-corrected chi connectivity index (χ2v) is 4.81. The van der Waals surface area contributed by atoms with E-state index in [1.165, 1.54) is 16.7 Å². The summed E-state index contributed by atoms with van der Waals surface area (Å²) < 4.78 is 0. The predicted octanol–water partition coefficient (Wildman–Crippen LogP) is 3.79. The molecule has 0 saturated carbocycles. The molecule has 0 atom stereocenters. The second kappa shape index (κ2) is 6.91. The average Bonchev–Trinajstić information content (AvgIpc) is 2.46. The Bertz CT molecular complexity index is 521. The van der Waals surface area contributed by atoms with E-state index in [1.54, 1.807) is 6.08 Å². The van der Waals surface area contributed by atoms with Crippen molar-refractivity contribution in [3.63, 3.8) is 0 Å². The zero-order valence-electron chi connectivity index (χ0n) is 11.3. The van der Waals surface area contributed by atoms with Crippen LogP contribution in [0.25, 0.3) is 6.08 Å². The second-order valence-electron chi connectivity index (χ2n) is 4.81. The Morgan fingerprint density at radius 1 is 0.842 bits per heavy atom. The van der Waals surface area contributed by atoms with Gasteiger partial charge in [-0.2, -0.15) is 0 Å². The Labute approximate surface area is 115 Å². The number of rotatable bonds is 5. The van der Waals surface area contributed by atoms with E-state index in [9.17, 15) is 0 Å². The molecule has 0 radical (unpaired) electrons. The van der Waals surface area contributed by atoms with E-state index in [-0.39, 0.29) is 6.61 Å². The van der Waals surface area contributed by atoms with Gasteiger partial charge in [-0.3, -0.25) is 0 Å². The highest BCUT2D eigenvalue weighted by Crippen LogP contribution is 2.11. The fourth-order valence-electron chi connectivity index (χ4n) is 2.03. The van der Waals surface area contributed by atoms with Gasteiger partial charge in [-0.1, -0.05) is 66.2 Å². The van der Waals surface area contributed by atoms with Crippen LogP contribution in [0, 0.1) is 6.92 Å². The summed E-state index contributed by atoms with van der Waals surface area (Å²) in [6.07, 6.45) is 5.82. The standard InChI is InChI=1S/C18H20O/c1-15-4-6-17(7-5-15)12-13-18-10-8-16(9-11-18)3-2-14-19/h2-11,19H,12-14H2,1H3. The van der Waals surface area contributed by atoms with Crippen LogP contribution < -0.4 is 0 Å². The van der Waals surface area contributed by atoms with Crippen LogP contribution >= 0.6 is 0 Å². The van der Waals surface area contributed by atoms with E-state index in [4.69, 9.17) is 5.11 Å². The smallest absolute Gasteiger partial charge is 0.0615 e. The zero-order valence-corrected chi connectivity index (χ0v) is 11.3. The minimum atomic E-state index is 0.0924. The van der Waals surface area contributed by atoms with Gasteiger partial charge in [-0.05, 0) is 36.5 Å². The molecule has 0 amide bonds. The number of aliphatic hydroxyl groups is 1. The summed E-state index contributed by atoms with van der Waals surface area (Å²) in [6.45, 7) is 2.21. The molecule has 19 heavy (non-hydrogen) atoms. The lowest BCUT2D eigenvalue weighted by Crippen LogP contribution is -1.91. The summed E-state index contributed by atoms with van der Waals surface area (Å²) in [4.78, 5) is 0. The quantitative estimate of drug-likeness (QED) is 0.858. The van der Waals surface area contributed by atoms with E-state index >= 15 is 0 Å². The summed E-state index contributed by atoms with van der Waals surface area (Å²) in [5.74, 6) is 0. The SMILES string of the molecule is Cc1ccc(CCc2ccc(C=CCO)cc2)cc1. The highest BCUT2D eigenvalue weighted by molar-refractivity contribution is 5.49. The van der Waals surface area contributed by atoms with Crippen molar-refractivity contribution >= 4 is 6.08 Å². The normalized spacial score (nSPS) is 11.1. The first-order chi connectivity index (χ1) is 9.28. The Balaban J connectivity index is 1.92. The van der Waals surface area contributed by atoms with E-state index in [0.717, 1.165) is 18.4 Å². The van der Waals surface area contributed by atoms with Gasteiger partial charge in [0.1, 0.15) is 0 Å². The highest BCUT2D eigenvalue weighted by atomic mass is 16.2. The number of benzene rings is 2. The Morgan fingerprint density at radius 2 is 1.37 bits per heavy atom. The molecule has 0 heterocycles. The number of aryl methyl sites for hydroxylation is 3. The van der Waals surface area contributed by atoms with Gasteiger partial charge >= 0.3 is 0 Å². The zero-order chi connectivity index (χ0) is 13.5. The van der Waals surface area contributed by atoms with Gasteiger partial charge in [0, 0.05) is 0 Å². The Kier molecular flexibility index (Phi) is 4.93. The Hall–Kier alpha value is -1.86. The number of hydrogen-bond acceptors (Lipinski definition) is 1. The lowest BCUT2D eigenvalue weighted by Gasteiger charge is -2.03. The van der Waals surface area contributed by atoms with Crippen molar-refractivity contribution in [3.05, 3.63) is 76.9 Å². The molecule has 0 aliphatic heterocycles. The number of hydrogen-bond donors (Lipinski definition) is 1. The van der Waals surface area contributed by atoms with Crippen molar-refractivity contribution < 1.29 is 5.11 Å². The monoisotopic (exact) mass is 252 g/mol. The molecular formula is C18H20O. The summed E-state index contributed by atoms with van der Waals surface area (Å²) in [5, 5.41) is 8.73. The third-order valence-electron chi connectivity index (χ3n) is 3.22. The molecule has 0 saturated heterocycles. The van der Waals surface area contributed by atoms with Crippen LogP contribution in [0.4, 0.5) is 0 Å². The number of aliphatic hydroxyl groups excluding tert-OH is 1. The Morgan fingerprint density at radius 3 is 1.89 bits per heavy atom. The van der Waals surface area contributed by atoms with Crippen LogP contribution in [0.5, 0.6) is 0 Å². The van der Waals surface area contributed by atoms with Crippen LogP contribution in [0.3, 0.4) is 0 Å². The lowest BCUT2D eigenvalue weighted by atomic mass is 10.0. The van der Waals surface area contributed by atoms with Crippen molar-refractivity contribution in [2.45, 2.75) is 19.8 Å². The summed E-state index contributed by atoms with van der Waals surface area (Å²) in [6, 6.07) is 17.2. The molecule has 1 nitrogen and oxygen atoms in total. The molecule has 0 aliphatic carbocycles. The molecule has 0 fully saturated rings.